The molecule has 84 valence electrons. The van der Waals surface area contributed by atoms with Crippen LogP contribution in [-0.2, 0) is 6.42 Å². The lowest BCUT2D eigenvalue weighted by atomic mass is 10.0. The van der Waals surface area contributed by atoms with Crippen LogP contribution in [-0.4, -0.2) is 4.98 Å². The molecule has 0 radical (unpaired) electrons. The molecule has 16 heavy (non-hydrogen) atoms. The van der Waals surface area contributed by atoms with Gasteiger partial charge in [0.2, 0.25) is 0 Å². The molecular formula is C12H15N3S. The zero-order chi connectivity index (χ0) is 11.4. The summed E-state index contributed by atoms with van der Waals surface area (Å²) in [6.45, 7) is 2.11. The summed E-state index contributed by atoms with van der Waals surface area (Å²) >= 11 is 1.75. The molecule has 3 N–H and O–H groups in total. The molecule has 2 aromatic rings. The molecule has 0 aliphatic carbocycles. The van der Waals surface area contributed by atoms with Crippen molar-refractivity contribution in [1.82, 2.24) is 10.4 Å². The van der Waals surface area contributed by atoms with E-state index in [4.69, 9.17) is 5.84 Å². The van der Waals surface area contributed by atoms with Gasteiger partial charge in [-0.2, -0.15) is 0 Å². The third-order valence-electron chi connectivity index (χ3n) is 2.54. The molecule has 0 saturated carbocycles. The lowest BCUT2D eigenvalue weighted by molar-refractivity contribution is 0.553. The van der Waals surface area contributed by atoms with Crippen molar-refractivity contribution in [1.29, 1.82) is 0 Å². The van der Waals surface area contributed by atoms with Crippen LogP contribution in [0, 0.1) is 6.92 Å². The minimum Gasteiger partial charge on any atom is -0.271 e. The van der Waals surface area contributed by atoms with Crippen molar-refractivity contribution in [3.63, 3.8) is 0 Å². The van der Waals surface area contributed by atoms with Crippen molar-refractivity contribution in [3.05, 3.63) is 52.0 Å². The predicted octanol–water partition coefficient (Wildman–Crippen LogP) is 2.20. The second-order valence-corrected chi connectivity index (χ2v) is 4.88. The van der Waals surface area contributed by atoms with E-state index in [1.807, 2.05) is 24.5 Å². The molecule has 1 unspecified atom stereocenters. The van der Waals surface area contributed by atoms with Gasteiger partial charge in [0.15, 0.2) is 0 Å². The fraction of sp³-hybridized carbons (Fsp3) is 0.250. The fourth-order valence-electron chi connectivity index (χ4n) is 1.67. The van der Waals surface area contributed by atoms with Crippen LogP contribution in [0.3, 0.4) is 0 Å². The zero-order valence-corrected chi connectivity index (χ0v) is 10.00. The first-order valence-electron chi connectivity index (χ1n) is 5.19. The molecule has 0 saturated heterocycles. The van der Waals surface area contributed by atoms with Gasteiger partial charge in [0.25, 0.3) is 0 Å². The Labute approximate surface area is 99.3 Å². The van der Waals surface area contributed by atoms with Gasteiger partial charge in [0.1, 0.15) is 0 Å². The Balaban J connectivity index is 2.12. The second kappa shape index (κ2) is 5.21. The molecule has 3 nitrogen and oxygen atoms in total. The molecule has 4 heteroatoms. The van der Waals surface area contributed by atoms with Crippen LogP contribution in [0.2, 0.25) is 0 Å². The lowest BCUT2D eigenvalue weighted by Crippen LogP contribution is -2.29. The van der Waals surface area contributed by atoms with Crippen molar-refractivity contribution in [3.8, 4) is 0 Å². The van der Waals surface area contributed by atoms with Gasteiger partial charge in [0, 0.05) is 17.3 Å². The molecule has 0 aliphatic rings. The number of hydrogen-bond donors (Lipinski definition) is 2. The van der Waals surface area contributed by atoms with Crippen LogP contribution in [0.15, 0.2) is 36.0 Å². The number of rotatable bonds is 4. The van der Waals surface area contributed by atoms with Crippen molar-refractivity contribution in [2.24, 2.45) is 5.84 Å². The van der Waals surface area contributed by atoms with Crippen molar-refractivity contribution in [2.45, 2.75) is 19.4 Å². The molecule has 1 atom stereocenters. The Kier molecular flexibility index (Phi) is 3.66. The SMILES string of the molecule is Cc1cc(C(Cc2ccncc2)NN)cs1. The molecule has 0 aromatic carbocycles. The normalized spacial score (nSPS) is 12.6. The van der Waals surface area contributed by atoms with Gasteiger partial charge in [-0.05, 0) is 48.1 Å². The van der Waals surface area contributed by atoms with Gasteiger partial charge in [-0.15, -0.1) is 11.3 Å². The van der Waals surface area contributed by atoms with Gasteiger partial charge in [0.05, 0.1) is 6.04 Å². The maximum Gasteiger partial charge on any atom is 0.0508 e. The average molecular weight is 233 g/mol. The monoisotopic (exact) mass is 233 g/mol. The zero-order valence-electron chi connectivity index (χ0n) is 9.18. The molecule has 2 heterocycles. The predicted molar refractivity (Wildman–Crippen MR) is 67.1 cm³/mol. The van der Waals surface area contributed by atoms with Crippen LogP contribution < -0.4 is 11.3 Å². The molecule has 0 bridgehead atoms. The number of aromatic nitrogens is 1. The first kappa shape index (κ1) is 11.3. The highest BCUT2D eigenvalue weighted by Crippen LogP contribution is 2.22. The van der Waals surface area contributed by atoms with E-state index < -0.39 is 0 Å². The maximum absolute atomic E-state index is 5.60. The summed E-state index contributed by atoms with van der Waals surface area (Å²) in [5.41, 5.74) is 5.36. The third-order valence-corrected chi connectivity index (χ3v) is 3.42. The Hall–Kier alpha value is -1.23. The van der Waals surface area contributed by atoms with Crippen molar-refractivity contribution < 1.29 is 0 Å². The van der Waals surface area contributed by atoms with Crippen molar-refractivity contribution in [2.75, 3.05) is 0 Å². The maximum atomic E-state index is 5.60. The quantitative estimate of drug-likeness (QED) is 0.629. The highest BCUT2D eigenvalue weighted by molar-refractivity contribution is 7.10. The van der Waals surface area contributed by atoms with Gasteiger partial charge in [-0.3, -0.25) is 16.3 Å². The first-order chi connectivity index (χ1) is 7.79. The van der Waals surface area contributed by atoms with E-state index in [1.165, 1.54) is 16.0 Å². The van der Waals surface area contributed by atoms with E-state index in [-0.39, 0.29) is 6.04 Å². The van der Waals surface area contributed by atoms with E-state index >= 15 is 0 Å². The van der Waals surface area contributed by atoms with Crippen molar-refractivity contribution >= 4 is 11.3 Å². The van der Waals surface area contributed by atoms with E-state index in [2.05, 4.69) is 28.8 Å². The van der Waals surface area contributed by atoms with Crippen LogP contribution in [0.4, 0.5) is 0 Å². The molecule has 0 aliphatic heterocycles. The standard InChI is InChI=1S/C12H15N3S/c1-9-6-11(8-16-9)12(15-13)7-10-2-4-14-5-3-10/h2-6,8,12,15H,7,13H2,1H3. The van der Waals surface area contributed by atoms with E-state index in [0.717, 1.165) is 6.42 Å². The summed E-state index contributed by atoms with van der Waals surface area (Å²) in [7, 11) is 0. The van der Waals surface area contributed by atoms with Crippen LogP contribution in [0.5, 0.6) is 0 Å². The number of pyridine rings is 1. The highest BCUT2D eigenvalue weighted by Gasteiger charge is 2.11. The molecular weight excluding hydrogens is 218 g/mol. The van der Waals surface area contributed by atoms with Crippen LogP contribution in [0.25, 0.3) is 0 Å². The van der Waals surface area contributed by atoms with Gasteiger partial charge in [-0.1, -0.05) is 0 Å². The fourth-order valence-corrected chi connectivity index (χ4v) is 2.43. The van der Waals surface area contributed by atoms with Gasteiger partial charge >= 0.3 is 0 Å². The van der Waals surface area contributed by atoms with E-state index in [1.54, 1.807) is 11.3 Å². The molecule has 0 fully saturated rings. The highest BCUT2D eigenvalue weighted by atomic mass is 32.1. The topological polar surface area (TPSA) is 50.9 Å². The first-order valence-corrected chi connectivity index (χ1v) is 6.07. The number of nitrogens with zero attached hydrogens (tertiary/aromatic N) is 1. The molecule has 2 aromatic heterocycles. The summed E-state index contributed by atoms with van der Waals surface area (Å²) in [5, 5.41) is 2.15. The van der Waals surface area contributed by atoms with E-state index in [9.17, 15) is 0 Å². The molecule has 2 rings (SSSR count). The summed E-state index contributed by atoms with van der Waals surface area (Å²) in [6, 6.07) is 6.39. The summed E-state index contributed by atoms with van der Waals surface area (Å²) in [5.74, 6) is 5.60. The number of thiophene rings is 1. The van der Waals surface area contributed by atoms with E-state index in [0.29, 0.717) is 0 Å². The Morgan fingerprint density at radius 2 is 2.19 bits per heavy atom. The molecule has 0 spiro atoms. The summed E-state index contributed by atoms with van der Waals surface area (Å²) in [4.78, 5) is 5.32. The second-order valence-electron chi connectivity index (χ2n) is 3.77. The van der Waals surface area contributed by atoms with Crippen LogP contribution in [0.1, 0.15) is 22.0 Å². The Morgan fingerprint density at radius 1 is 1.44 bits per heavy atom. The largest absolute Gasteiger partial charge is 0.271 e. The number of nitrogens with one attached hydrogen (secondary N) is 1. The average Bonchev–Trinajstić information content (AvgIpc) is 2.74. The summed E-state index contributed by atoms with van der Waals surface area (Å²) in [6.07, 6.45) is 4.50. The minimum atomic E-state index is 0.173. The number of hydrogen-bond acceptors (Lipinski definition) is 4. The number of aryl methyl sites for hydroxylation is 1. The summed E-state index contributed by atoms with van der Waals surface area (Å²) < 4.78 is 0. The Morgan fingerprint density at radius 3 is 2.75 bits per heavy atom. The smallest absolute Gasteiger partial charge is 0.0508 e. The van der Waals surface area contributed by atoms with Gasteiger partial charge < -0.3 is 0 Å². The van der Waals surface area contributed by atoms with Crippen LogP contribution >= 0.6 is 11.3 Å². The Bertz CT molecular complexity index is 439. The number of nitrogens with two attached hydrogens (primary N) is 1. The third kappa shape index (κ3) is 2.66. The number of hydrazine groups is 1. The minimum absolute atomic E-state index is 0.173. The lowest BCUT2D eigenvalue weighted by Gasteiger charge is -2.14. The molecule has 0 amide bonds. The van der Waals surface area contributed by atoms with Gasteiger partial charge in [-0.25, -0.2) is 0 Å².